The van der Waals surface area contributed by atoms with Gasteiger partial charge in [0.15, 0.2) is 5.69 Å². The normalized spacial score (nSPS) is 10.1. The van der Waals surface area contributed by atoms with E-state index in [2.05, 4.69) is 4.98 Å². The smallest absolute Gasteiger partial charge is 0.258 e. The number of alkyl halides is 2. The molecule has 0 atom stereocenters. The average molecular weight is 217 g/mol. The molecule has 0 unspecified atom stereocenters. The lowest BCUT2D eigenvalue weighted by atomic mass is 10.1. The van der Waals surface area contributed by atoms with Crippen molar-refractivity contribution in [2.75, 3.05) is 0 Å². The van der Waals surface area contributed by atoms with Gasteiger partial charge in [0, 0.05) is 0 Å². The minimum absolute atomic E-state index is 0.364. The molecule has 8 heteroatoms. The van der Waals surface area contributed by atoms with E-state index >= 15 is 0 Å². The van der Waals surface area contributed by atoms with Crippen molar-refractivity contribution in [2.24, 2.45) is 0 Å². The van der Waals surface area contributed by atoms with Crippen molar-refractivity contribution in [1.29, 1.82) is 5.26 Å². The summed E-state index contributed by atoms with van der Waals surface area (Å²) in [5.74, 6) is -1.49. The zero-order chi connectivity index (χ0) is 11.6. The lowest BCUT2D eigenvalue weighted by molar-refractivity contribution is -0.389. The van der Waals surface area contributed by atoms with Crippen LogP contribution in [0.5, 0.6) is 0 Å². The number of pyridine rings is 1. The Hall–Kier alpha value is -2.17. The molecule has 0 aliphatic carbocycles. The third kappa shape index (κ3) is 1.85. The molecule has 0 N–H and O–H groups in total. The van der Waals surface area contributed by atoms with Crippen LogP contribution in [-0.2, 0) is 0 Å². The first-order chi connectivity index (χ1) is 6.99. The molecule has 78 valence electrons. The number of aromatic nitrogens is 1. The zero-order valence-corrected chi connectivity index (χ0v) is 6.95. The summed E-state index contributed by atoms with van der Waals surface area (Å²) in [7, 11) is 0. The molecule has 15 heavy (non-hydrogen) atoms. The van der Waals surface area contributed by atoms with Crippen molar-refractivity contribution in [1.82, 2.24) is 4.98 Å². The van der Waals surface area contributed by atoms with E-state index in [0.29, 0.717) is 6.20 Å². The third-order valence-corrected chi connectivity index (χ3v) is 1.55. The van der Waals surface area contributed by atoms with Gasteiger partial charge in [-0.15, -0.1) is 0 Å². The van der Waals surface area contributed by atoms with Crippen LogP contribution in [0.15, 0.2) is 6.20 Å². The maximum absolute atomic E-state index is 12.8. The fourth-order valence-electron chi connectivity index (χ4n) is 0.974. The Labute approximate surface area is 80.9 Å². The van der Waals surface area contributed by atoms with Gasteiger partial charge < -0.3 is 0 Å². The van der Waals surface area contributed by atoms with Crippen LogP contribution >= 0.6 is 0 Å². The number of nitriles is 1. The van der Waals surface area contributed by atoms with E-state index in [4.69, 9.17) is 5.26 Å². The lowest BCUT2D eigenvalue weighted by Gasteiger charge is -2.03. The van der Waals surface area contributed by atoms with E-state index in [1.807, 2.05) is 0 Å². The van der Waals surface area contributed by atoms with Crippen molar-refractivity contribution in [3.05, 3.63) is 33.4 Å². The Balaban J connectivity index is 3.60. The molecule has 1 aromatic heterocycles. The minimum atomic E-state index is -3.33. The summed E-state index contributed by atoms with van der Waals surface area (Å²) in [4.78, 5) is 12.0. The number of nitro groups is 1. The molecule has 0 spiro atoms. The maximum Gasteiger partial charge on any atom is 0.318 e. The van der Waals surface area contributed by atoms with Crippen LogP contribution in [0.4, 0.5) is 18.9 Å². The molecular weight excluding hydrogens is 215 g/mol. The standard InChI is InChI=1S/C7H2F3N3O2/c8-3-2-12-4(1-11)5(7(9)10)6(3)13(14)15/h2,7H. The Kier molecular flexibility index (Phi) is 2.85. The van der Waals surface area contributed by atoms with Gasteiger partial charge in [-0.2, -0.15) is 9.65 Å². The van der Waals surface area contributed by atoms with Gasteiger partial charge in [-0.05, 0) is 0 Å². The van der Waals surface area contributed by atoms with E-state index < -0.39 is 34.1 Å². The number of hydrogen-bond acceptors (Lipinski definition) is 4. The zero-order valence-electron chi connectivity index (χ0n) is 6.95. The summed E-state index contributed by atoms with van der Waals surface area (Å²) >= 11 is 0. The fourth-order valence-corrected chi connectivity index (χ4v) is 0.974. The summed E-state index contributed by atoms with van der Waals surface area (Å²) < 4.78 is 37.5. The molecule has 0 aromatic carbocycles. The second kappa shape index (κ2) is 3.91. The Morgan fingerprint density at radius 3 is 2.60 bits per heavy atom. The highest BCUT2D eigenvalue weighted by Crippen LogP contribution is 2.32. The van der Waals surface area contributed by atoms with E-state index in [1.165, 1.54) is 6.07 Å². The molecule has 0 amide bonds. The lowest BCUT2D eigenvalue weighted by Crippen LogP contribution is -2.04. The Morgan fingerprint density at radius 2 is 2.20 bits per heavy atom. The highest BCUT2D eigenvalue weighted by molar-refractivity contribution is 5.48. The van der Waals surface area contributed by atoms with Crippen LogP contribution in [0.2, 0.25) is 0 Å². The number of hydrogen-bond donors (Lipinski definition) is 0. The first-order valence-corrected chi connectivity index (χ1v) is 3.50. The van der Waals surface area contributed by atoms with Gasteiger partial charge in [0.2, 0.25) is 5.82 Å². The summed E-state index contributed by atoms with van der Waals surface area (Å²) in [6.07, 6.45) is -2.97. The number of nitrogens with zero attached hydrogens (tertiary/aromatic N) is 3. The molecule has 1 aromatic rings. The predicted molar refractivity (Wildman–Crippen MR) is 40.5 cm³/mol. The molecule has 0 saturated carbocycles. The van der Waals surface area contributed by atoms with Crippen LogP contribution < -0.4 is 0 Å². The predicted octanol–water partition coefficient (Wildman–Crippen LogP) is 1.94. The molecule has 0 fully saturated rings. The molecule has 5 nitrogen and oxygen atoms in total. The van der Waals surface area contributed by atoms with Crippen LogP contribution in [0.1, 0.15) is 17.7 Å². The van der Waals surface area contributed by atoms with Gasteiger partial charge >= 0.3 is 5.69 Å². The second-order valence-corrected chi connectivity index (χ2v) is 2.39. The van der Waals surface area contributed by atoms with Crippen LogP contribution in [0.3, 0.4) is 0 Å². The largest absolute Gasteiger partial charge is 0.318 e. The van der Waals surface area contributed by atoms with Crippen molar-refractivity contribution >= 4 is 5.69 Å². The number of halogens is 3. The van der Waals surface area contributed by atoms with Crippen molar-refractivity contribution in [2.45, 2.75) is 6.43 Å². The fraction of sp³-hybridized carbons (Fsp3) is 0.143. The molecular formula is C7H2F3N3O2. The van der Waals surface area contributed by atoms with E-state index in [9.17, 15) is 23.3 Å². The maximum atomic E-state index is 12.8. The summed E-state index contributed by atoms with van der Waals surface area (Å²) in [6, 6.07) is 1.24. The molecule has 0 saturated heterocycles. The van der Waals surface area contributed by atoms with Gasteiger partial charge in [0.05, 0.1) is 11.1 Å². The monoisotopic (exact) mass is 217 g/mol. The summed E-state index contributed by atoms with van der Waals surface area (Å²) in [6.45, 7) is 0. The summed E-state index contributed by atoms with van der Waals surface area (Å²) in [5.41, 5.74) is -3.54. The van der Waals surface area contributed by atoms with Crippen LogP contribution in [0, 0.1) is 27.3 Å². The molecule has 1 rings (SSSR count). The van der Waals surface area contributed by atoms with Gasteiger partial charge in [0.25, 0.3) is 6.43 Å². The number of rotatable bonds is 2. The van der Waals surface area contributed by atoms with E-state index in [-0.39, 0.29) is 0 Å². The Morgan fingerprint density at radius 1 is 1.60 bits per heavy atom. The average Bonchev–Trinajstić information content (AvgIpc) is 2.16. The van der Waals surface area contributed by atoms with Gasteiger partial charge in [-0.3, -0.25) is 10.1 Å². The topological polar surface area (TPSA) is 79.8 Å². The molecule has 1 heterocycles. The summed E-state index contributed by atoms with van der Waals surface area (Å²) in [5, 5.41) is 18.7. The van der Waals surface area contributed by atoms with Crippen LogP contribution in [0.25, 0.3) is 0 Å². The highest BCUT2D eigenvalue weighted by Gasteiger charge is 2.30. The highest BCUT2D eigenvalue weighted by atomic mass is 19.3. The first-order valence-electron chi connectivity index (χ1n) is 3.50. The third-order valence-electron chi connectivity index (χ3n) is 1.55. The quantitative estimate of drug-likeness (QED) is 0.560. The SMILES string of the molecule is N#Cc1ncc(F)c([N+](=O)[O-])c1C(F)F. The van der Waals surface area contributed by atoms with E-state index in [1.54, 1.807) is 0 Å². The first kappa shape index (κ1) is 10.9. The molecule has 0 aliphatic rings. The molecule has 0 bridgehead atoms. The van der Waals surface area contributed by atoms with Crippen LogP contribution in [-0.4, -0.2) is 9.91 Å². The van der Waals surface area contributed by atoms with Gasteiger partial charge in [0.1, 0.15) is 11.6 Å². The second-order valence-electron chi connectivity index (χ2n) is 2.39. The molecule has 0 radical (unpaired) electrons. The van der Waals surface area contributed by atoms with Crippen molar-refractivity contribution < 1.29 is 18.1 Å². The van der Waals surface area contributed by atoms with Gasteiger partial charge in [-0.25, -0.2) is 13.8 Å². The Bertz CT molecular complexity index is 456. The van der Waals surface area contributed by atoms with Gasteiger partial charge in [-0.1, -0.05) is 0 Å². The minimum Gasteiger partial charge on any atom is -0.258 e. The van der Waals surface area contributed by atoms with Crippen molar-refractivity contribution in [3.8, 4) is 6.07 Å². The molecule has 0 aliphatic heterocycles. The van der Waals surface area contributed by atoms with Crippen molar-refractivity contribution in [3.63, 3.8) is 0 Å². The van der Waals surface area contributed by atoms with E-state index in [0.717, 1.165) is 0 Å².